The summed E-state index contributed by atoms with van der Waals surface area (Å²) in [6.45, 7) is 0.215. The summed E-state index contributed by atoms with van der Waals surface area (Å²) in [5.41, 5.74) is 0.864. The van der Waals surface area contributed by atoms with E-state index in [0.29, 0.717) is 17.9 Å². The SMILES string of the molecule is O=S(=O)(Cl)CCc1ccc2c(c1)OCO2. The Labute approximate surface area is 92.2 Å². The minimum atomic E-state index is -3.44. The molecule has 4 nitrogen and oxygen atoms in total. The minimum absolute atomic E-state index is 0.0752. The number of hydrogen-bond donors (Lipinski definition) is 0. The molecule has 1 aliphatic heterocycles. The molecule has 0 fully saturated rings. The normalized spacial score (nSPS) is 14.2. The van der Waals surface area contributed by atoms with E-state index < -0.39 is 9.05 Å². The van der Waals surface area contributed by atoms with Crippen LogP contribution >= 0.6 is 10.7 Å². The van der Waals surface area contributed by atoms with Crippen LogP contribution in [0.25, 0.3) is 0 Å². The number of halogens is 1. The molecule has 0 radical (unpaired) electrons. The maximum absolute atomic E-state index is 10.7. The van der Waals surface area contributed by atoms with Crippen LogP contribution in [-0.2, 0) is 15.5 Å². The van der Waals surface area contributed by atoms with Crippen molar-refractivity contribution in [2.45, 2.75) is 6.42 Å². The molecule has 0 bridgehead atoms. The van der Waals surface area contributed by atoms with Gasteiger partial charge in [0.25, 0.3) is 0 Å². The summed E-state index contributed by atoms with van der Waals surface area (Å²) in [5, 5.41) is 0. The fourth-order valence-electron chi connectivity index (χ4n) is 1.34. The first-order valence-electron chi connectivity index (χ1n) is 4.35. The summed E-state index contributed by atoms with van der Waals surface area (Å²) >= 11 is 0. The first-order valence-corrected chi connectivity index (χ1v) is 6.83. The van der Waals surface area contributed by atoms with E-state index in [2.05, 4.69) is 0 Å². The van der Waals surface area contributed by atoms with Gasteiger partial charge < -0.3 is 9.47 Å². The largest absolute Gasteiger partial charge is 0.454 e. The predicted molar refractivity (Wildman–Crippen MR) is 55.9 cm³/mol. The second kappa shape index (κ2) is 3.90. The van der Waals surface area contributed by atoms with Crippen LogP contribution < -0.4 is 9.47 Å². The van der Waals surface area contributed by atoms with Crippen molar-refractivity contribution in [3.05, 3.63) is 23.8 Å². The molecule has 6 heteroatoms. The second-order valence-corrected chi connectivity index (χ2v) is 6.08. The van der Waals surface area contributed by atoms with Gasteiger partial charge in [0, 0.05) is 10.7 Å². The van der Waals surface area contributed by atoms with Crippen LogP contribution in [0.4, 0.5) is 0 Å². The Balaban J connectivity index is 2.10. The Morgan fingerprint density at radius 1 is 1.27 bits per heavy atom. The van der Waals surface area contributed by atoms with Crippen molar-refractivity contribution in [3.63, 3.8) is 0 Å². The van der Waals surface area contributed by atoms with Crippen LogP contribution in [0.3, 0.4) is 0 Å². The first kappa shape index (κ1) is 10.6. The molecule has 0 spiro atoms. The molecule has 1 aromatic carbocycles. The summed E-state index contributed by atoms with van der Waals surface area (Å²) in [7, 11) is 1.68. The Kier molecular flexibility index (Phi) is 2.75. The van der Waals surface area contributed by atoms with Gasteiger partial charge in [-0.1, -0.05) is 6.07 Å². The molecular formula is C9H9ClO4S. The Morgan fingerprint density at radius 3 is 2.73 bits per heavy atom. The summed E-state index contributed by atoms with van der Waals surface area (Å²) in [6.07, 6.45) is 0.377. The van der Waals surface area contributed by atoms with Gasteiger partial charge in [-0.3, -0.25) is 0 Å². The van der Waals surface area contributed by atoms with E-state index in [9.17, 15) is 8.42 Å². The predicted octanol–water partition coefficient (Wildman–Crippen LogP) is 1.53. The number of ether oxygens (including phenoxy) is 2. The number of benzene rings is 1. The zero-order valence-corrected chi connectivity index (χ0v) is 9.35. The lowest BCUT2D eigenvalue weighted by Gasteiger charge is -2.01. The number of rotatable bonds is 3. The molecule has 0 amide bonds. The summed E-state index contributed by atoms with van der Waals surface area (Å²) in [6, 6.07) is 5.33. The van der Waals surface area contributed by atoms with Crippen LogP contribution in [0.15, 0.2) is 18.2 Å². The van der Waals surface area contributed by atoms with Gasteiger partial charge in [-0.2, -0.15) is 0 Å². The van der Waals surface area contributed by atoms with Gasteiger partial charge in [-0.15, -0.1) is 0 Å². The molecule has 0 atom stereocenters. The highest BCUT2D eigenvalue weighted by atomic mass is 35.7. The van der Waals surface area contributed by atoms with E-state index in [1.165, 1.54) is 0 Å². The number of hydrogen-bond acceptors (Lipinski definition) is 4. The molecule has 0 aromatic heterocycles. The van der Waals surface area contributed by atoms with Crippen LogP contribution in [0.2, 0.25) is 0 Å². The fourth-order valence-corrected chi connectivity index (χ4v) is 2.05. The van der Waals surface area contributed by atoms with Crippen LogP contribution in [0, 0.1) is 0 Å². The third-order valence-corrected chi connectivity index (χ3v) is 3.23. The number of aryl methyl sites for hydroxylation is 1. The summed E-state index contributed by atoms with van der Waals surface area (Å²) in [4.78, 5) is 0. The van der Waals surface area contributed by atoms with Gasteiger partial charge in [-0.25, -0.2) is 8.42 Å². The third kappa shape index (κ3) is 2.76. The topological polar surface area (TPSA) is 52.6 Å². The highest BCUT2D eigenvalue weighted by Crippen LogP contribution is 2.32. The van der Waals surface area contributed by atoms with Gasteiger partial charge in [-0.05, 0) is 24.1 Å². The van der Waals surface area contributed by atoms with E-state index in [4.69, 9.17) is 20.2 Å². The van der Waals surface area contributed by atoms with Crippen LogP contribution in [-0.4, -0.2) is 21.0 Å². The van der Waals surface area contributed by atoms with Gasteiger partial charge in [0.05, 0.1) is 5.75 Å². The average Bonchev–Trinajstić information content (AvgIpc) is 2.60. The van der Waals surface area contributed by atoms with Gasteiger partial charge in [0.2, 0.25) is 15.8 Å². The highest BCUT2D eigenvalue weighted by Gasteiger charge is 2.14. The van der Waals surface area contributed by atoms with Crippen molar-refractivity contribution in [1.29, 1.82) is 0 Å². The quantitative estimate of drug-likeness (QED) is 0.762. The average molecular weight is 249 g/mol. The fraction of sp³-hybridized carbons (Fsp3) is 0.333. The molecule has 0 saturated heterocycles. The van der Waals surface area contributed by atoms with Gasteiger partial charge in [0.15, 0.2) is 11.5 Å². The van der Waals surface area contributed by atoms with Crippen molar-refractivity contribution in [2.75, 3.05) is 12.5 Å². The summed E-state index contributed by atoms with van der Waals surface area (Å²) < 4.78 is 31.8. The molecule has 82 valence electrons. The Morgan fingerprint density at radius 2 is 2.00 bits per heavy atom. The summed E-state index contributed by atoms with van der Waals surface area (Å²) in [5.74, 6) is 1.26. The molecule has 0 aliphatic carbocycles. The van der Waals surface area contributed by atoms with E-state index in [1.54, 1.807) is 18.2 Å². The molecule has 15 heavy (non-hydrogen) atoms. The maximum atomic E-state index is 10.7. The van der Waals surface area contributed by atoms with Crippen molar-refractivity contribution in [3.8, 4) is 11.5 Å². The second-order valence-electron chi connectivity index (χ2n) is 3.18. The van der Waals surface area contributed by atoms with E-state index in [1.807, 2.05) is 0 Å². The standard InChI is InChI=1S/C9H9ClO4S/c10-15(11,12)4-3-7-1-2-8-9(5-7)14-6-13-8/h1-2,5H,3-4,6H2. The van der Waals surface area contributed by atoms with E-state index >= 15 is 0 Å². The lowest BCUT2D eigenvalue weighted by atomic mass is 10.1. The highest BCUT2D eigenvalue weighted by molar-refractivity contribution is 8.13. The van der Waals surface area contributed by atoms with Crippen LogP contribution in [0.5, 0.6) is 11.5 Å². The van der Waals surface area contributed by atoms with Gasteiger partial charge >= 0.3 is 0 Å². The monoisotopic (exact) mass is 248 g/mol. The number of fused-ring (bicyclic) bond motifs is 1. The van der Waals surface area contributed by atoms with Gasteiger partial charge in [0.1, 0.15) is 0 Å². The Hall–Kier alpha value is -0.940. The molecule has 2 rings (SSSR count). The van der Waals surface area contributed by atoms with E-state index in [-0.39, 0.29) is 12.5 Å². The lowest BCUT2D eigenvalue weighted by Crippen LogP contribution is -2.00. The van der Waals surface area contributed by atoms with Crippen molar-refractivity contribution in [2.24, 2.45) is 0 Å². The lowest BCUT2D eigenvalue weighted by molar-refractivity contribution is 0.174. The van der Waals surface area contributed by atoms with Crippen molar-refractivity contribution < 1.29 is 17.9 Å². The molecule has 0 N–H and O–H groups in total. The minimum Gasteiger partial charge on any atom is -0.454 e. The molecular weight excluding hydrogens is 240 g/mol. The zero-order valence-electron chi connectivity index (χ0n) is 7.77. The molecule has 1 aliphatic rings. The molecule has 0 unspecified atom stereocenters. The molecule has 1 aromatic rings. The van der Waals surface area contributed by atoms with Crippen molar-refractivity contribution in [1.82, 2.24) is 0 Å². The molecule has 1 heterocycles. The van der Waals surface area contributed by atoms with E-state index in [0.717, 1.165) is 5.56 Å². The van der Waals surface area contributed by atoms with Crippen LogP contribution in [0.1, 0.15) is 5.56 Å². The maximum Gasteiger partial charge on any atom is 0.232 e. The third-order valence-electron chi connectivity index (χ3n) is 2.07. The first-order chi connectivity index (χ1) is 7.04. The smallest absolute Gasteiger partial charge is 0.232 e. The Bertz CT molecular complexity index is 469. The molecule has 0 saturated carbocycles. The van der Waals surface area contributed by atoms with Crippen molar-refractivity contribution >= 4 is 19.7 Å². The zero-order chi connectivity index (χ0) is 10.9.